The Labute approximate surface area is 151 Å². The third-order valence-electron chi connectivity index (χ3n) is 4.76. The van der Waals surface area contributed by atoms with E-state index in [0.717, 1.165) is 53.8 Å². The molecule has 1 aliphatic heterocycles. The molecule has 1 aliphatic rings. The SMILES string of the molecule is Cc1ccc2cc(-c3cc(S(=O)(=O)Cl)ccc3N3CCCC3)[nH]c2c1. The largest absolute Gasteiger partial charge is 0.371 e. The first-order valence-electron chi connectivity index (χ1n) is 8.35. The van der Waals surface area contributed by atoms with Gasteiger partial charge in [0.05, 0.1) is 4.90 Å². The predicted octanol–water partition coefficient (Wildman–Crippen LogP) is 4.67. The minimum atomic E-state index is -3.77. The second-order valence-corrected chi connectivity index (χ2v) is 9.15. The van der Waals surface area contributed by atoms with Crippen molar-refractivity contribution in [1.29, 1.82) is 0 Å². The van der Waals surface area contributed by atoms with E-state index in [9.17, 15) is 8.42 Å². The Hall–Kier alpha value is -1.98. The van der Waals surface area contributed by atoms with Gasteiger partial charge in [0.25, 0.3) is 9.05 Å². The Bertz CT molecular complexity index is 1050. The molecular formula is C19H19ClN2O2S. The van der Waals surface area contributed by atoms with E-state index in [1.807, 2.05) is 6.07 Å². The molecule has 0 amide bonds. The normalized spacial score (nSPS) is 15.2. The van der Waals surface area contributed by atoms with Crippen LogP contribution in [0.15, 0.2) is 47.4 Å². The van der Waals surface area contributed by atoms with Crippen LogP contribution in [0.4, 0.5) is 5.69 Å². The van der Waals surface area contributed by atoms with Gasteiger partial charge in [-0.05, 0) is 55.7 Å². The molecule has 0 atom stereocenters. The van der Waals surface area contributed by atoms with E-state index in [1.54, 1.807) is 12.1 Å². The van der Waals surface area contributed by atoms with Crippen LogP contribution in [0.1, 0.15) is 18.4 Å². The third-order valence-corrected chi connectivity index (χ3v) is 6.12. The summed E-state index contributed by atoms with van der Waals surface area (Å²) >= 11 is 0. The van der Waals surface area contributed by atoms with Gasteiger partial charge in [0.1, 0.15) is 0 Å². The van der Waals surface area contributed by atoms with Crippen molar-refractivity contribution in [2.75, 3.05) is 18.0 Å². The zero-order valence-corrected chi connectivity index (χ0v) is 15.5. The Morgan fingerprint density at radius 2 is 1.80 bits per heavy atom. The summed E-state index contributed by atoms with van der Waals surface area (Å²) in [6.45, 7) is 4.02. The van der Waals surface area contributed by atoms with Gasteiger partial charge in [-0.25, -0.2) is 8.42 Å². The minimum absolute atomic E-state index is 0.127. The average Bonchev–Trinajstić information content (AvgIpc) is 3.22. The summed E-state index contributed by atoms with van der Waals surface area (Å²) in [5.74, 6) is 0. The highest BCUT2D eigenvalue weighted by Gasteiger charge is 2.20. The number of nitrogens with zero attached hydrogens (tertiary/aromatic N) is 1. The minimum Gasteiger partial charge on any atom is -0.371 e. The molecule has 2 heterocycles. The molecule has 4 nitrogen and oxygen atoms in total. The number of benzene rings is 2. The quantitative estimate of drug-likeness (QED) is 0.678. The molecule has 3 aromatic rings. The number of fused-ring (bicyclic) bond motifs is 1. The van der Waals surface area contributed by atoms with Crippen LogP contribution < -0.4 is 4.90 Å². The number of aromatic nitrogens is 1. The van der Waals surface area contributed by atoms with Crippen LogP contribution in [0.25, 0.3) is 22.2 Å². The lowest BCUT2D eigenvalue weighted by molar-refractivity contribution is 0.609. The maximum atomic E-state index is 11.8. The number of nitrogens with one attached hydrogen (secondary N) is 1. The molecule has 0 spiro atoms. The van der Waals surface area contributed by atoms with E-state index in [1.165, 1.54) is 5.56 Å². The summed E-state index contributed by atoms with van der Waals surface area (Å²) in [4.78, 5) is 5.86. The van der Waals surface area contributed by atoms with Gasteiger partial charge in [-0.15, -0.1) is 0 Å². The Balaban J connectivity index is 1.92. The third kappa shape index (κ3) is 3.14. The van der Waals surface area contributed by atoms with Crippen LogP contribution in [-0.4, -0.2) is 26.5 Å². The van der Waals surface area contributed by atoms with Crippen LogP contribution >= 0.6 is 10.7 Å². The molecule has 0 saturated carbocycles. The smallest absolute Gasteiger partial charge is 0.261 e. The summed E-state index contributed by atoms with van der Waals surface area (Å²) in [6, 6.07) is 13.4. The summed E-state index contributed by atoms with van der Waals surface area (Å²) in [5, 5.41) is 1.10. The topological polar surface area (TPSA) is 53.2 Å². The van der Waals surface area contributed by atoms with Gasteiger partial charge in [0.15, 0.2) is 0 Å². The van der Waals surface area contributed by atoms with Crippen molar-refractivity contribution in [3.05, 3.63) is 48.0 Å². The van der Waals surface area contributed by atoms with Gasteiger partial charge in [-0.2, -0.15) is 0 Å². The Kier molecular flexibility index (Phi) is 4.01. The number of halogens is 1. The van der Waals surface area contributed by atoms with Crippen LogP contribution in [0.2, 0.25) is 0 Å². The van der Waals surface area contributed by atoms with Crippen LogP contribution in [-0.2, 0) is 9.05 Å². The van der Waals surface area contributed by atoms with E-state index < -0.39 is 9.05 Å². The number of anilines is 1. The van der Waals surface area contributed by atoms with Gasteiger partial charge in [0.2, 0.25) is 0 Å². The zero-order valence-electron chi connectivity index (χ0n) is 13.9. The van der Waals surface area contributed by atoms with E-state index in [0.29, 0.717) is 0 Å². The van der Waals surface area contributed by atoms with Crippen molar-refractivity contribution in [3.8, 4) is 11.3 Å². The van der Waals surface area contributed by atoms with Gasteiger partial charge in [-0.3, -0.25) is 0 Å². The fourth-order valence-electron chi connectivity index (χ4n) is 3.50. The van der Waals surface area contributed by atoms with E-state index in [4.69, 9.17) is 10.7 Å². The van der Waals surface area contributed by atoms with Crippen LogP contribution in [0, 0.1) is 6.92 Å². The fraction of sp³-hybridized carbons (Fsp3) is 0.263. The lowest BCUT2D eigenvalue weighted by Gasteiger charge is -2.21. The molecule has 25 heavy (non-hydrogen) atoms. The predicted molar refractivity (Wildman–Crippen MR) is 103 cm³/mol. The van der Waals surface area contributed by atoms with Gasteiger partial charge in [0, 0.05) is 51.6 Å². The van der Waals surface area contributed by atoms with E-state index in [2.05, 4.69) is 41.1 Å². The first-order valence-corrected chi connectivity index (χ1v) is 10.7. The van der Waals surface area contributed by atoms with Crippen LogP contribution in [0.5, 0.6) is 0 Å². The first-order chi connectivity index (χ1) is 11.9. The van der Waals surface area contributed by atoms with Gasteiger partial charge >= 0.3 is 0 Å². The standard InChI is InChI=1S/C19H19ClN2O2S/c1-13-4-5-14-11-18(21-17(14)10-13)16-12-15(25(20,23)24)6-7-19(16)22-8-2-3-9-22/h4-7,10-12,21H,2-3,8-9H2,1H3. The summed E-state index contributed by atoms with van der Waals surface area (Å²) in [6.07, 6.45) is 2.31. The monoisotopic (exact) mass is 374 g/mol. The van der Waals surface area contributed by atoms with Crippen molar-refractivity contribution in [2.45, 2.75) is 24.7 Å². The van der Waals surface area contributed by atoms with E-state index in [-0.39, 0.29) is 4.90 Å². The van der Waals surface area contributed by atoms with Crippen LogP contribution in [0.3, 0.4) is 0 Å². The molecular weight excluding hydrogens is 356 g/mol. The van der Waals surface area contributed by atoms with Gasteiger partial charge in [-0.1, -0.05) is 12.1 Å². The number of hydrogen-bond acceptors (Lipinski definition) is 3. The van der Waals surface area contributed by atoms with Crippen molar-refractivity contribution < 1.29 is 8.42 Å². The lowest BCUT2D eigenvalue weighted by Crippen LogP contribution is -2.18. The first kappa shape index (κ1) is 16.5. The number of hydrogen-bond donors (Lipinski definition) is 1. The maximum Gasteiger partial charge on any atom is 0.261 e. The summed E-state index contributed by atoms with van der Waals surface area (Å²) in [5.41, 5.74) is 5.05. The second kappa shape index (κ2) is 6.07. The molecule has 0 bridgehead atoms. The molecule has 1 N–H and O–H groups in total. The number of aryl methyl sites for hydroxylation is 1. The molecule has 130 valence electrons. The van der Waals surface area contributed by atoms with Crippen molar-refractivity contribution in [2.24, 2.45) is 0 Å². The van der Waals surface area contributed by atoms with Gasteiger partial charge < -0.3 is 9.88 Å². The maximum absolute atomic E-state index is 11.8. The zero-order chi connectivity index (χ0) is 17.6. The second-order valence-electron chi connectivity index (χ2n) is 6.58. The molecule has 0 unspecified atom stereocenters. The van der Waals surface area contributed by atoms with Crippen molar-refractivity contribution >= 4 is 36.3 Å². The number of H-pyrrole nitrogens is 1. The number of rotatable bonds is 3. The molecule has 1 saturated heterocycles. The Morgan fingerprint density at radius 1 is 1.04 bits per heavy atom. The number of aromatic amines is 1. The lowest BCUT2D eigenvalue weighted by atomic mass is 10.1. The molecule has 0 radical (unpaired) electrons. The van der Waals surface area contributed by atoms with E-state index >= 15 is 0 Å². The molecule has 1 aromatic heterocycles. The Morgan fingerprint density at radius 3 is 2.52 bits per heavy atom. The highest BCUT2D eigenvalue weighted by Crippen LogP contribution is 2.36. The highest BCUT2D eigenvalue weighted by atomic mass is 35.7. The fourth-order valence-corrected chi connectivity index (χ4v) is 4.28. The van der Waals surface area contributed by atoms with Crippen molar-refractivity contribution in [3.63, 3.8) is 0 Å². The molecule has 6 heteroatoms. The summed E-state index contributed by atoms with van der Waals surface area (Å²) in [7, 11) is 1.81. The average molecular weight is 375 g/mol. The molecule has 1 fully saturated rings. The highest BCUT2D eigenvalue weighted by molar-refractivity contribution is 8.13. The molecule has 0 aliphatic carbocycles. The molecule has 2 aromatic carbocycles. The van der Waals surface area contributed by atoms with Crippen molar-refractivity contribution in [1.82, 2.24) is 4.98 Å². The molecule has 4 rings (SSSR count). The summed E-state index contributed by atoms with van der Waals surface area (Å²) < 4.78 is 23.6.